The standard InChI is InChI=1S/C14H15Cl3O2/c1-10(2)8-12(18)9-13(19,14(15,16)17)11-6-4-3-5-7-11/h3-8,19H,9H2,1-2H3/t13-/m1/s1. The molecule has 104 valence electrons. The van der Waals surface area contributed by atoms with E-state index >= 15 is 0 Å². The van der Waals surface area contributed by atoms with Crippen LogP contribution in [-0.4, -0.2) is 14.7 Å². The minimum absolute atomic E-state index is 0.293. The molecule has 0 aliphatic rings. The molecule has 5 heteroatoms. The molecular weight excluding hydrogens is 307 g/mol. The van der Waals surface area contributed by atoms with Crippen molar-refractivity contribution in [1.82, 2.24) is 0 Å². The summed E-state index contributed by atoms with van der Waals surface area (Å²) in [5, 5.41) is 10.7. The van der Waals surface area contributed by atoms with Gasteiger partial charge in [-0.05, 0) is 25.5 Å². The van der Waals surface area contributed by atoms with Gasteiger partial charge in [0.1, 0.15) is 5.60 Å². The number of aliphatic hydroxyl groups is 1. The molecule has 1 aromatic rings. The van der Waals surface area contributed by atoms with Crippen LogP contribution in [0.3, 0.4) is 0 Å². The second-order valence-corrected chi connectivity index (χ2v) is 6.87. The smallest absolute Gasteiger partial charge is 0.223 e. The minimum atomic E-state index is -2.00. The van der Waals surface area contributed by atoms with Crippen molar-refractivity contribution >= 4 is 40.6 Å². The van der Waals surface area contributed by atoms with E-state index < -0.39 is 9.39 Å². The van der Waals surface area contributed by atoms with E-state index in [1.54, 1.807) is 44.2 Å². The zero-order chi connectivity index (χ0) is 14.7. The van der Waals surface area contributed by atoms with Crippen molar-refractivity contribution in [1.29, 1.82) is 0 Å². The van der Waals surface area contributed by atoms with Crippen LogP contribution in [0.15, 0.2) is 42.0 Å². The fourth-order valence-electron chi connectivity index (χ4n) is 1.70. The lowest BCUT2D eigenvalue weighted by atomic mass is 9.89. The third-order valence-corrected chi connectivity index (χ3v) is 3.54. The lowest BCUT2D eigenvalue weighted by molar-refractivity contribution is -0.119. The Balaban J connectivity index is 3.16. The van der Waals surface area contributed by atoms with Crippen molar-refractivity contribution in [3.05, 3.63) is 47.5 Å². The van der Waals surface area contributed by atoms with E-state index in [9.17, 15) is 9.90 Å². The molecule has 1 rings (SSSR count). The Labute approximate surface area is 128 Å². The quantitative estimate of drug-likeness (QED) is 0.667. The van der Waals surface area contributed by atoms with Crippen molar-refractivity contribution in [2.24, 2.45) is 0 Å². The van der Waals surface area contributed by atoms with E-state index in [1.807, 2.05) is 0 Å². The lowest BCUT2D eigenvalue weighted by Crippen LogP contribution is -2.41. The first-order valence-corrected chi connectivity index (χ1v) is 6.82. The van der Waals surface area contributed by atoms with E-state index in [2.05, 4.69) is 0 Å². The van der Waals surface area contributed by atoms with Gasteiger partial charge in [-0.3, -0.25) is 4.79 Å². The topological polar surface area (TPSA) is 37.3 Å². The summed E-state index contributed by atoms with van der Waals surface area (Å²) in [5.41, 5.74) is -0.641. The van der Waals surface area contributed by atoms with E-state index in [1.165, 1.54) is 6.08 Å². The molecule has 0 saturated carbocycles. The molecule has 0 bridgehead atoms. The number of carbonyl (C=O) groups is 1. The van der Waals surface area contributed by atoms with Crippen LogP contribution >= 0.6 is 34.8 Å². The molecule has 2 nitrogen and oxygen atoms in total. The minimum Gasteiger partial charge on any atom is -0.380 e. The summed E-state index contributed by atoms with van der Waals surface area (Å²) < 4.78 is -2.00. The van der Waals surface area contributed by atoms with Gasteiger partial charge < -0.3 is 5.11 Å². The molecule has 0 saturated heterocycles. The number of carbonyl (C=O) groups excluding carboxylic acids is 1. The Bertz CT molecular complexity index is 473. The fourth-order valence-corrected chi connectivity index (χ4v) is 2.23. The molecule has 0 amide bonds. The zero-order valence-electron chi connectivity index (χ0n) is 10.7. The number of allylic oxidation sites excluding steroid dienone is 2. The predicted molar refractivity (Wildman–Crippen MR) is 79.7 cm³/mol. The van der Waals surface area contributed by atoms with Crippen molar-refractivity contribution in [3.8, 4) is 0 Å². The first-order valence-electron chi connectivity index (χ1n) is 5.69. The molecule has 1 N–H and O–H groups in total. The first-order chi connectivity index (χ1) is 8.67. The second kappa shape index (κ2) is 6.27. The van der Waals surface area contributed by atoms with Crippen molar-refractivity contribution < 1.29 is 9.90 Å². The summed E-state index contributed by atoms with van der Waals surface area (Å²) in [5.74, 6) is -0.294. The number of ketones is 1. The monoisotopic (exact) mass is 320 g/mol. The van der Waals surface area contributed by atoms with Gasteiger partial charge in [0.25, 0.3) is 0 Å². The van der Waals surface area contributed by atoms with Crippen molar-refractivity contribution in [3.63, 3.8) is 0 Å². The molecule has 0 radical (unpaired) electrons. The average Bonchev–Trinajstić information content (AvgIpc) is 2.27. The van der Waals surface area contributed by atoms with E-state index in [0.717, 1.165) is 5.57 Å². The van der Waals surface area contributed by atoms with Crippen LogP contribution in [0.5, 0.6) is 0 Å². The van der Waals surface area contributed by atoms with Gasteiger partial charge >= 0.3 is 0 Å². The summed E-state index contributed by atoms with van der Waals surface area (Å²) in [4.78, 5) is 11.9. The van der Waals surface area contributed by atoms with Crippen molar-refractivity contribution in [2.45, 2.75) is 29.7 Å². The third-order valence-electron chi connectivity index (χ3n) is 2.60. The van der Waals surface area contributed by atoms with Crippen LogP contribution < -0.4 is 0 Å². The van der Waals surface area contributed by atoms with Crippen LogP contribution in [0.2, 0.25) is 0 Å². The van der Waals surface area contributed by atoms with Crippen LogP contribution in [0, 0.1) is 0 Å². The molecule has 0 spiro atoms. The molecule has 1 aromatic carbocycles. The maximum Gasteiger partial charge on any atom is 0.223 e. The SMILES string of the molecule is CC(C)=CC(=O)C[C@@](O)(c1ccccc1)C(Cl)(Cl)Cl. The lowest BCUT2D eigenvalue weighted by Gasteiger charge is -2.34. The zero-order valence-corrected chi connectivity index (χ0v) is 12.9. The van der Waals surface area contributed by atoms with Crippen molar-refractivity contribution in [2.75, 3.05) is 0 Å². The molecular formula is C14H15Cl3O2. The van der Waals surface area contributed by atoms with Gasteiger partial charge in [0, 0.05) is 6.42 Å². The largest absolute Gasteiger partial charge is 0.380 e. The average molecular weight is 322 g/mol. The highest BCUT2D eigenvalue weighted by molar-refractivity contribution is 6.68. The Morgan fingerprint density at radius 2 is 1.74 bits per heavy atom. The highest BCUT2D eigenvalue weighted by atomic mass is 35.6. The summed E-state index contributed by atoms with van der Waals surface area (Å²) in [6.07, 6.45) is 1.13. The third kappa shape index (κ3) is 4.22. The van der Waals surface area contributed by atoms with E-state index in [0.29, 0.717) is 5.56 Å². The van der Waals surface area contributed by atoms with E-state index in [-0.39, 0.29) is 12.2 Å². The molecule has 0 fully saturated rings. The Morgan fingerprint density at radius 3 is 2.16 bits per heavy atom. The number of alkyl halides is 3. The van der Waals surface area contributed by atoms with Gasteiger partial charge in [-0.1, -0.05) is 70.7 Å². The van der Waals surface area contributed by atoms with Gasteiger partial charge in [-0.2, -0.15) is 0 Å². The molecule has 0 aliphatic carbocycles. The van der Waals surface area contributed by atoms with Crippen LogP contribution in [-0.2, 0) is 10.4 Å². The summed E-state index contributed by atoms with van der Waals surface area (Å²) in [6.45, 7) is 3.57. The summed E-state index contributed by atoms with van der Waals surface area (Å²) in [6, 6.07) is 8.44. The number of benzene rings is 1. The first kappa shape index (κ1) is 16.5. The summed E-state index contributed by atoms with van der Waals surface area (Å²) >= 11 is 17.6. The highest BCUT2D eigenvalue weighted by Crippen LogP contribution is 2.47. The Morgan fingerprint density at radius 1 is 1.21 bits per heavy atom. The van der Waals surface area contributed by atoms with Crippen LogP contribution in [0.4, 0.5) is 0 Å². The Kier molecular flexibility index (Phi) is 5.45. The van der Waals surface area contributed by atoms with Gasteiger partial charge in [-0.25, -0.2) is 0 Å². The van der Waals surface area contributed by atoms with Gasteiger partial charge in [0.05, 0.1) is 0 Å². The maximum atomic E-state index is 11.9. The molecule has 0 aliphatic heterocycles. The number of hydrogen-bond acceptors (Lipinski definition) is 2. The number of rotatable bonds is 4. The maximum absolute atomic E-state index is 11.9. The number of hydrogen-bond donors (Lipinski definition) is 1. The molecule has 0 aromatic heterocycles. The van der Waals surface area contributed by atoms with Crippen LogP contribution in [0.1, 0.15) is 25.8 Å². The van der Waals surface area contributed by atoms with Gasteiger partial charge in [0.2, 0.25) is 3.79 Å². The predicted octanol–water partition coefficient (Wildman–Crippen LogP) is 4.17. The van der Waals surface area contributed by atoms with Gasteiger partial charge in [0.15, 0.2) is 5.78 Å². The Hall–Kier alpha value is -0.540. The second-order valence-electron chi connectivity index (χ2n) is 4.59. The summed E-state index contributed by atoms with van der Waals surface area (Å²) in [7, 11) is 0. The van der Waals surface area contributed by atoms with E-state index in [4.69, 9.17) is 34.8 Å². The fraction of sp³-hybridized carbons (Fsp3) is 0.357. The highest BCUT2D eigenvalue weighted by Gasteiger charge is 2.49. The molecule has 1 atom stereocenters. The normalized spacial score (nSPS) is 14.6. The van der Waals surface area contributed by atoms with Gasteiger partial charge in [-0.15, -0.1) is 0 Å². The van der Waals surface area contributed by atoms with Crippen LogP contribution in [0.25, 0.3) is 0 Å². The molecule has 0 unspecified atom stereocenters. The number of halogens is 3. The molecule has 0 heterocycles. The molecule has 19 heavy (non-hydrogen) atoms.